The van der Waals surface area contributed by atoms with Crippen LogP contribution in [0.4, 0.5) is 0 Å². The zero-order valence-corrected chi connectivity index (χ0v) is 11.5. The van der Waals surface area contributed by atoms with Crippen LogP contribution in [0.3, 0.4) is 0 Å². The lowest BCUT2D eigenvalue weighted by Gasteiger charge is -2.00. The molecule has 0 spiro atoms. The Hall–Kier alpha value is 0.150. The third-order valence-corrected chi connectivity index (χ3v) is 5.25. The van der Waals surface area contributed by atoms with E-state index in [2.05, 4.69) is 19.1 Å². The zero-order valence-electron chi connectivity index (χ0n) is 9.83. The number of thiocarbonyl (C=S) groups is 1. The monoisotopic (exact) mass is 245 g/mol. The Labute approximate surface area is 103 Å². The van der Waals surface area contributed by atoms with E-state index >= 15 is 0 Å². The fourth-order valence-corrected chi connectivity index (χ4v) is 4.28. The van der Waals surface area contributed by atoms with Gasteiger partial charge in [-0.1, -0.05) is 38.4 Å². The van der Waals surface area contributed by atoms with E-state index in [1.54, 1.807) is 17.3 Å². The molecule has 1 rings (SSSR count). The summed E-state index contributed by atoms with van der Waals surface area (Å²) in [5.41, 5.74) is 0. The molecule has 0 aromatic carbocycles. The second kappa shape index (κ2) is 12.2. The minimum atomic E-state index is 0.867. The van der Waals surface area contributed by atoms with Crippen LogP contribution in [0.5, 0.6) is 0 Å². The Morgan fingerprint density at radius 2 is 1.67 bits per heavy atom. The summed E-state index contributed by atoms with van der Waals surface area (Å²) in [6.45, 7) is 2.29. The first-order chi connectivity index (χ1) is 7.35. The van der Waals surface area contributed by atoms with Gasteiger partial charge in [-0.15, -0.1) is 0 Å². The number of hydrogen-bond acceptors (Lipinski definition) is 1. The van der Waals surface area contributed by atoms with Crippen LogP contribution < -0.4 is 0 Å². The van der Waals surface area contributed by atoms with E-state index in [1.807, 2.05) is 0 Å². The number of nitrogens with zero attached hydrogens (tertiary/aromatic N) is 1. The standard InChI is InChI=1S/C11H23S.CNS/c1-2-3-4-5-6-9-12-10-7-8-11-12;2-1-3/h2-11H2,1H3;/q+1;-1. The SMILES string of the molecule is CCCCCCC[S+]1CCCC1.[N-]=C=S. The molecule has 0 bridgehead atoms. The maximum atomic E-state index is 7.13. The number of isothiocyanates is 1. The van der Waals surface area contributed by atoms with Crippen molar-refractivity contribution in [2.45, 2.75) is 51.9 Å². The maximum absolute atomic E-state index is 7.13. The topological polar surface area (TPSA) is 22.3 Å². The summed E-state index contributed by atoms with van der Waals surface area (Å²) < 4.78 is 0. The van der Waals surface area contributed by atoms with Gasteiger partial charge >= 0.3 is 0 Å². The summed E-state index contributed by atoms with van der Waals surface area (Å²) in [4.78, 5) is 0. The van der Waals surface area contributed by atoms with Crippen molar-refractivity contribution in [2.75, 3.05) is 17.3 Å². The van der Waals surface area contributed by atoms with Crippen molar-refractivity contribution in [3.8, 4) is 0 Å². The predicted molar refractivity (Wildman–Crippen MR) is 75.9 cm³/mol. The summed E-state index contributed by atoms with van der Waals surface area (Å²) in [5.74, 6) is 4.69. The Balaban J connectivity index is 0.000000583. The van der Waals surface area contributed by atoms with Gasteiger partial charge in [-0.3, -0.25) is 0 Å². The van der Waals surface area contributed by atoms with Gasteiger partial charge in [0.25, 0.3) is 0 Å². The molecule has 0 aliphatic carbocycles. The minimum Gasteiger partial charge on any atom is -0.753 e. The summed E-state index contributed by atoms with van der Waals surface area (Å²) in [7, 11) is 0.867. The number of unbranched alkanes of at least 4 members (excludes halogenated alkanes) is 4. The fourth-order valence-electron chi connectivity index (χ4n) is 1.83. The van der Waals surface area contributed by atoms with Crippen LogP contribution in [0.2, 0.25) is 0 Å². The van der Waals surface area contributed by atoms with Crippen molar-refractivity contribution in [2.24, 2.45) is 0 Å². The molecule has 0 amide bonds. The molecule has 0 aromatic rings. The van der Waals surface area contributed by atoms with Gasteiger partial charge < -0.3 is 5.41 Å². The number of hydrogen-bond donors (Lipinski definition) is 0. The van der Waals surface area contributed by atoms with Crippen LogP contribution >= 0.6 is 12.2 Å². The van der Waals surface area contributed by atoms with Gasteiger partial charge in [0.15, 0.2) is 0 Å². The average Bonchev–Trinajstić information content (AvgIpc) is 2.72. The molecule has 15 heavy (non-hydrogen) atoms. The molecule has 0 atom stereocenters. The van der Waals surface area contributed by atoms with Crippen LogP contribution in [-0.4, -0.2) is 22.4 Å². The van der Waals surface area contributed by atoms with Gasteiger partial charge in [0.1, 0.15) is 17.3 Å². The van der Waals surface area contributed by atoms with E-state index in [1.165, 1.54) is 50.1 Å². The van der Waals surface area contributed by atoms with Crippen molar-refractivity contribution in [3.63, 3.8) is 0 Å². The smallest absolute Gasteiger partial charge is 0.108 e. The van der Waals surface area contributed by atoms with Crippen molar-refractivity contribution in [3.05, 3.63) is 5.41 Å². The minimum absolute atomic E-state index is 0.867. The summed E-state index contributed by atoms with van der Waals surface area (Å²) in [5, 5.41) is 8.47. The second-order valence-electron chi connectivity index (χ2n) is 3.94. The summed E-state index contributed by atoms with van der Waals surface area (Å²) >= 11 is 3.70. The van der Waals surface area contributed by atoms with Crippen LogP contribution in [0.1, 0.15) is 51.9 Å². The first kappa shape index (κ1) is 15.2. The predicted octanol–water partition coefficient (Wildman–Crippen LogP) is 4.03. The molecule has 3 heteroatoms. The second-order valence-corrected chi connectivity index (χ2v) is 6.57. The Kier molecular flexibility index (Phi) is 12.3. The summed E-state index contributed by atoms with van der Waals surface area (Å²) in [6, 6.07) is 0. The van der Waals surface area contributed by atoms with Gasteiger partial charge in [0, 0.05) is 0 Å². The molecular formula is C12H23NS2. The highest BCUT2D eigenvalue weighted by molar-refractivity contribution is 7.97. The molecule has 1 aliphatic rings. The van der Waals surface area contributed by atoms with Crippen LogP contribution in [-0.2, 0) is 10.9 Å². The molecule has 0 aromatic heterocycles. The van der Waals surface area contributed by atoms with Gasteiger partial charge in [0.2, 0.25) is 0 Å². The molecule has 1 saturated heterocycles. The zero-order chi connectivity index (χ0) is 11.4. The molecule has 0 saturated carbocycles. The molecular weight excluding hydrogens is 222 g/mol. The number of rotatable bonds is 6. The molecule has 1 nitrogen and oxygen atoms in total. The van der Waals surface area contributed by atoms with E-state index in [0.717, 1.165) is 10.9 Å². The van der Waals surface area contributed by atoms with E-state index in [0.29, 0.717) is 0 Å². The third kappa shape index (κ3) is 10.4. The van der Waals surface area contributed by atoms with Gasteiger partial charge in [-0.05, 0) is 36.6 Å². The highest BCUT2D eigenvalue weighted by Gasteiger charge is 2.22. The quantitative estimate of drug-likeness (QED) is 0.300. The Morgan fingerprint density at radius 1 is 1.13 bits per heavy atom. The average molecular weight is 245 g/mol. The van der Waals surface area contributed by atoms with E-state index in [9.17, 15) is 0 Å². The van der Waals surface area contributed by atoms with E-state index in [-0.39, 0.29) is 0 Å². The maximum Gasteiger partial charge on any atom is 0.108 e. The Bertz CT molecular complexity index is 159. The van der Waals surface area contributed by atoms with Crippen LogP contribution in [0, 0.1) is 0 Å². The van der Waals surface area contributed by atoms with E-state index in [4.69, 9.17) is 5.41 Å². The van der Waals surface area contributed by atoms with Gasteiger partial charge in [0.05, 0.1) is 0 Å². The first-order valence-corrected chi connectivity index (χ1v) is 8.14. The summed E-state index contributed by atoms with van der Waals surface area (Å²) in [6.07, 6.45) is 10.4. The van der Waals surface area contributed by atoms with Gasteiger partial charge in [-0.25, -0.2) is 0 Å². The van der Waals surface area contributed by atoms with E-state index < -0.39 is 0 Å². The van der Waals surface area contributed by atoms with Gasteiger partial charge in [-0.2, -0.15) is 5.16 Å². The van der Waals surface area contributed by atoms with Crippen molar-refractivity contribution in [1.82, 2.24) is 0 Å². The first-order valence-electron chi connectivity index (χ1n) is 6.00. The van der Waals surface area contributed by atoms with Crippen molar-refractivity contribution >= 4 is 28.3 Å². The molecule has 0 unspecified atom stereocenters. The molecule has 0 N–H and O–H groups in total. The molecule has 88 valence electrons. The molecule has 1 fully saturated rings. The highest BCUT2D eigenvalue weighted by atomic mass is 32.2. The largest absolute Gasteiger partial charge is 0.753 e. The molecule has 0 radical (unpaired) electrons. The van der Waals surface area contributed by atoms with Crippen molar-refractivity contribution < 1.29 is 0 Å². The third-order valence-electron chi connectivity index (χ3n) is 2.65. The molecule has 1 aliphatic heterocycles. The van der Waals surface area contributed by atoms with Crippen LogP contribution in [0.25, 0.3) is 5.41 Å². The lowest BCUT2D eigenvalue weighted by molar-refractivity contribution is 0.659. The Morgan fingerprint density at radius 3 is 2.20 bits per heavy atom. The lowest BCUT2D eigenvalue weighted by atomic mass is 10.2. The molecule has 1 heterocycles. The normalized spacial score (nSPS) is 15.5. The lowest BCUT2D eigenvalue weighted by Crippen LogP contribution is -2.08. The fraction of sp³-hybridized carbons (Fsp3) is 0.917. The van der Waals surface area contributed by atoms with Crippen LogP contribution in [0.15, 0.2) is 0 Å². The van der Waals surface area contributed by atoms with Crippen molar-refractivity contribution in [1.29, 1.82) is 0 Å². The highest BCUT2D eigenvalue weighted by Crippen LogP contribution is 2.15.